The van der Waals surface area contributed by atoms with Gasteiger partial charge in [0.25, 0.3) is 5.91 Å². The van der Waals surface area contributed by atoms with Crippen molar-refractivity contribution < 1.29 is 13.9 Å². The molecule has 0 radical (unpaired) electrons. The minimum atomic E-state index is -0.693. The van der Waals surface area contributed by atoms with E-state index in [1.165, 1.54) is 13.2 Å². The first-order valence-electron chi connectivity index (χ1n) is 7.66. The monoisotopic (exact) mass is 357 g/mol. The Morgan fingerprint density at radius 1 is 1.16 bits per heavy atom. The Labute approximate surface area is 149 Å². The molecule has 0 aliphatic heterocycles. The molecule has 1 heterocycles. The summed E-state index contributed by atoms with van der Waals surface area (Å²) in [6.07, 6.45) is 0. The van der Waals surface area contributed by atoms with Gasteiger partial charge in [-0.2, -0.15) is 0 Å². The van der Waals surface area contributed by atoms with E-state index in [1.54, 1.807) is 30.3 Å². The molecule has 0 saturated carbocycles. The first kappa shape index (κ1) is 17.0. The van der Waals surface area contributed by atoms with Gasteiger partial charge in [-0.3, -0.25) is 4.79 Å². The zero-order chi connectivity index (χ0) is 18.0. The molecule has 6 heteroatoms. The van der Waals surface area contributed by atoms with Crippen LogP contribution < -0.4 is 15.7 Å². The van der Waals surface area contributed by atoms with E-state index in [4.69, 9.17) is 20.8 Å². The molecule has 1 atom stereocenters. The molecule has 0 aliphatic rings. The number of amides is 1. The second kappa shape index (κ2) is 6.99. The maximum absolute atomic E-state index is 12.5. The van der Waals surface area contributed by atoms with Crippen molar-refractivity contribution in [2.75, 3.05) is 7.11 Å². The van der Waals surface area contributed by atoms with Crippen LogP contribution in [-0.2, 0) is 0 Å². The van der Waals surface area contributed by atoms with Crippen LogP contribution in [0.5, 0.6) is 5.75 Å². The predicted molar refractivity (Wildman–Crippen MR) is 96.4 cm³/mol. The third-order valence-corrected chi connectivity index (χ3v) is 4.16. The third-order valence-electron chi connectivity index (χ3n) is 3.91. The minimum Gasteiger partial charge on any atom is -0.497 e. The van der Waals surface area contributed by atoms with Crippen LogP contribution >= 0.6 is 11.6 Å². The molecule has 2 aromatic carbocycles. The maximum atomic E-state index is 12.5. The molecule has 0 bridgehead atoms. The summed E-state index contributed by atoms with van der Waals surface area (Å²) in [7, 11) is 1.53. The van der Waals surface area contributed by atoms with Crippen LogP contribution in [0.15, 0.2) is 57.7 Å². The highest BCUT2D eigenvalue weighted by atomic mass is 35.5. The normalized spacial score (nSPS) is 12.0. The van der Waals surface area contributed by atoms with E-state index in [1.807, 2.05) is 19.1 Å². The summed E-state index contributed by atoms with van der Waals surface area (Å²) in [6, 6.07) is 13.5. The second-order valence-electron chi connectivity index (χ2n) is 5.60. The van der Waals surface area contributed by atoms with Gasteiger partial charge in [-0.1, -0.05) is 23.7 Å². The molecule has 128 valence electrons. The molecule has 5 nitrogen and oxygen atoms in total. The number of halogens is 1. The van der Waals surface area contributed by atoms with Gasteiger partial charge in [0.05, 0.1) is 13.2 Å². The molecular weight excluding hydrogens is 342 g/mol. The van der Waals surface area contributed by atoms with Gasteiger partial charge in [-0.15, -0.1) is 0 Å². The lowest BCUT2D eigenvalue weighted by Gasteiger charge is -2.14. The summed E-state index contributed by atoms with van der Waals surface area (Å²) >= 11 is 5.87. The lowest BCUT2D eigenvalue weighted by molar-refractivity contribution is 0.0936. The summed E-state index contributed by atoms with van der Waals surface area (Å²) in [5.41, 5.74) is 0.513. The summed E-state index contributed by atoms with van der Waals surface area (Å²) < 4.78 is 10.3. The van der Waals surface area contributed by atoms with Crippen LogP contribution in [0.1, 0.15) is 28.9 Å². The number of benzene rings is 2. The molecule has 0 saturated heterocycles. The number of fused-ring (bicyclic) bond motifs is 1. The second-order valence-corrected chi connectivity index (χ2v) is 6.03. The first-order valence-corrected chi connectivity index (χ1v) is 8.04. The van der Waals surface area contributed by atoms with Crippen molar-refractivity contribution in [1.29, 1.82) is 0 Å². The van der Waals surface area contributed by atoms with Crippen LogP contribution in [0.25, 0.3) is 11.0 Å². The highest BCUT2D eigenvalue weighted by Crippen LogP contribution is 2.21. The van der Waals surface area contributed by atoms with Gasteiger partial charge >= 0.3 is 5.63 Å². The van der Waals surface area contributed by atoms with Gasteiger partial charge in [0, 0.05) is 16.5 Å². The van der Waals surface area contributed by atoms with Crippen LogP contribution in [0, 0.1) is 0 Å². The predicted octanol–water partition coefficient (Wildman–Crippen LogP) is 3.95. The van der Waals surface area contributed by atoms with E-state index in [0.717, 1.165) is 5.56 Å². The lowest BCUT2D eigenvalue weighted by atomic mass is 10.1. The summed E-state index contributed by atoms with van der Waals surface area (Å²) in [5, 5.41) is 4.05. The smallest absolute Gasteiger partial charge is 0.349 e. The fourth-order valence-electron chi connectivity index (χ4n) is 2.49. The molecule has 0 fully saturated rings. The van der Waals surface area contributed by atoms with E-state index in [9.17, 15) is 9.59 Å². The zero-order valence-electron chi connectivity index (χ0n) is 13.7. The molecule has 1 aromatic heterocycles. The molecule has 3 rings (SSSR count). The van der Waals surface area contributed by atoms with Crippen LogP contribution in [0.3, 0.4) is 0 Å². The van der Waals surface area contributed by atoms with Gasteiger partial charge < -0.3 is 14.5 Å². The fraction of sp³-hybridized carbons (Fsp3) is 0.158. The summed E-state index contributed by atoms with van der Waals surface area (Å²) in [6.45, 7) is 1.83. The number of hydrogen-bond donors (Lipinski definition) is 1. The molecular formula is C19H16ClNO4. The highest BCUT2D eigenvalue weighted by Gasteiger charge is 2.17. The van der Waals surface area contributed by atoms with Crippen LogP contribution in [-0.4, -0.2) is 13.0 Å². The third kappa shape index (κ3) is 3.67. The molecule has 0 unspecified atom stereocenters. The van der Waals surface area contributed by atoms with Crippen molar-refractivity contribution in [2.24, 2.45) is 0 Å². The van der Waals surface area contributed by atoms with E-state index < -0.39 is 11.5 Å². The average molecular weight is 358 g/mol. The number of nitrogens with one attached hydrogen (secondary N) is 1. The Kier molecular flexibility index (Phi) is 4.76. The Balaban J connectivity index is 1.87. The quantitative estimate of drug-likeness (QED) is 0.718. The van der Waals surface area contributed by atoms with Crippen molar-refractivity contribution in [3.8, 4) is 5.75 Å². The minimum absolute atomic E-state index is 0.0431. The number of carbonyl (C=O) groups excluding carboxylic acids is 1. The molecule has 1 amide bonds. The number of rotatable bonds is 4. The molecule has 0 aliphatic carbocycles. The Morgan fingerprint density at radius 2 is 1.88 bits per heavy atom. The van der Waals surface area contributed by atoms with Gasteiger partial charge in [-0.25, -0.2) is 4.79 Å². The Bertz CT molecular complexity index is 979. The Morgan fingerprint density at radius 3 is 2.56 bits per heavy atom. The zero-order valence-corrected chi connectivity index (χ0v) is 14.5. The standard InChI is InChI=1S/C19H16ClNO4/c1-11(12-3-6-14(20)7-4-12)21-18(22)16-9-13-5-8-15(24-2)10-17(13)25-19(16)23/h3-11H,1-2H3,(H,21,22)/t11-/m0/s1. The number of carbonyl (C=O) groups is 1. The van der Waals surface area contributed by atoms with Crippen molar-refractivity contribution in [3.05, 3.63) is 75.1 Å². The topological polar surface area (TPSA) is 68.5 Å². The largest absolute Gasteiger partial charge is 0.497 e. The number of methoxy groups -OCH3 is 1. The van der Waals surface area contributed by atoms with Crippen LogP contribution in [0.2, 0.25) is 5.02 Å². The number of hydrogen-bond acceptors (Lipinski definition) is 4. The van der Waals surface area contributed by atoms with Crippen molar-refractivity contribution in [1.82, 2.24) is 5.32 Å². The van der Waals surface area contributed by atoms with Crippen molar-refractivity contribution in [3.63, 3.8) is 0 Å². The first-order chi connectivity index (χ1) is 12.0. The molecule has 1 N–H and O–H groups in total. The van der Waals surface area contributed by atoms with E-state index in [0.29, 0.717) is 21.7 Å². The molecule has 25 heavy (non-hydrogen) atoms. The molecule has 3 aromatic rings. The number of ether oxygens (including phenoxy) is 1. The Hall–Kier alpha value is -2.79. The van der Waals surface area contributed by atoms with E-state index in [2.05, 4.69) is 5.32 Å². The highest BCUT2D eigenvalue weighted by molar-refractivity contribution is 6.30. The van der Waals surface area contributed by atoms with Gasteiger partial charge in [0.15, 0.2) is 0 Å². The molecule has 0 spiro atoms. The van der Waals surface area contributed by atoms with Crippen molar-refractivity contribution >= 4 is 28.5 Å². The lowest BCUT2D eigenvalue weighted by Crippen LogP contribution is -2.30. The SMILES string of the molecule is COc1ccc2cc(C(=O)N[C@@H](C)c3ccc(Cl)cc3)c(=O)oc2c1. The van der Waals surface area contributed by atoms with Crippen molar-refractivity contribution in [2.45, 2.75) is 13.0 Å². The maximum Gasteiger partial charge on any atom is 0.349 e. The van der Waals surface area contributed by atoms with Gasteiger partial charge in [-0.05, 0) is 42.8 Å². The van der Waals surface area contributed by atoms with Gasteiger partial charge in [0.1, 0.15) is 16.9 Å². The average Bonchev–Trinajstić information content (AvgIpc) is 2.60. The fourth-order valence-corrected chi connectivity index (χ4v) is 2.61. The summed E-state index contributed by atoms with van der Waals surface area (Å²) in [4.78, 5) is 24.6. The summed E-state index contributed by atoms with van der Waals surface area (Å²) in [5.74, 6) is 0.0816. The van der Waals surface area contributed by atoms with E-state index >= 15 is 0 Å². The van der Waals surface area contributed by atoms with Crippen LogP contribution in [0.4, 0.5) is 0 Å². The van der Waals surface area contributed by atoms with Gasteiger partial charge in [0.2, 0.25) is 0 Å². The van der Waals surface area contributed by atoms with E-state index in [-0.39, 0.29) is 11.6 Å².